The number of hydrogen-bond acceptors (Lipinski definition) is 4. The van der Waals surface area contributed by atoms with E-state index in [0.29, 0.717) is 25.5 Å². The standard InChI is InChI=1S/C22H30N4O3/c1-22(21(28)23-16-9-5-3-4-6-10-16)15-25-18-12-8-7-11-17(18)24-19(25)20(27)26(22)13-14-29-2/h7-8,11-12,16H,3-6,9-10,13-15H2,1-2H3,(H,23,28). The molecule has 4 rings (SSSR count). The third kappa shape index (κ3) is 3.64. The molecule has 7 heteroatoms. The number of nitrogens with one attached hydrogen (secondary N) is 1. The zero-order valence-corrected chi connectivity index (χ0v) is 17.3. The number of para-hydroxylation sites is 2. The van der Waals surface area contributed by atoms with E-state index in [-0.39, 0.29) is 17.9 Å². The van der Waals surface area contributed by atoms with E-state index in [1.165, 1.54) is 12.8 Å². The number of imidazole rings is 1. The summed E-state index contributed by atoms with van der Waals surface area (Å²) in [4.78, 5) is 33.1. The lowest BCUT2D eigenvalue weighted by atomic mass is 9.94. The molecule has 1 aromatic heterocycles. The van der Waals surface area contributed by atoms with Gasteiger partial charge in [0, 0.05) is 19.7 Å². The molecule has 1 atom stereocenters. The summed E-state index contributed by atoms with van der Waals surface area (Å²) in [7, 11) is 1.60. The second kappa shape index (κ2) is 8.14. The van der Waals surface area contributed by atoms with Crippen LogP contribution >= 0.6 is 0 Å². The number of benzene rings is 1. The molecule has 2 aliphatic rings. The van der Waals surface area contributed by atoms with Gasteiger partial charge >= 0.3 is 0 Å². The van der Waals surface area contributed by atoms with Gasteiger partial charge in [-0.15, -0.1) is 0 Å². The highest BCUT2D eigenvalue weighted by Gasteiger charge is 2.48. The summed E-state index contributed by atoms with van der Waals surface area (Å²) in [6.45, 7) is 2.98. The minimum atomic E-state index is -0.988. The van der Waals surface area contributed by atoms with E-state index in [1.54, 1.807) is 12.0 Å². The first-order chi connectivity index (χ1) is 14.0. The summed E-state index contributed by atoms with van der Waals surface area (Å²) in [6.07, 6.45) is 6.76. The van der Waals surface area contributed by atoms with Gasteiger partial charge in [0.05, 0.1) is 24.2 Å². The Bertz CT molecular complexity index is 901. The van der Waals surface area contributed by atoms with Crippen LogP contribution in [0.2, 0.25) is 0 Å². The molecular weight excluding hydrogens is 368 g/mol. The fourth-order valence-corrected chi connectivity index (χ4v) is 4.63. The first-order valence-corrected chi connectivity index (χ1v) is 10.6. The molecule has 0 radical (unpaired) electrons. The maximum atomic E-state index is 13.5. The lowest BCUT2D eigenvalue weighted by molar-refractivity contribution is -0.134. The minimum absolute atomic E-state index is 0.0858. The van der Waals surface area contributed by atoms with Crippen molar-refractivity contribution in [3.8, 4) is 0 Å². The quantitative estimate of drug-likeness (QED) is 0.786. The van der Waals surface area contributed by atoms with Crippen molar-refractivity contribution in [1.29, 1.82) is 0 Å². The molecule has 1 saturated carbocycles. The summed E-state index contributed by atoms with van der Waals surface area (Å²) in [6, 6.07) is 7.88. The molecule has 7 nitrogen and oxygen atoms in total. The van der Waals surface area contributed by atoms with Crippen LogP contribution in [0, 0.1) is 0 Å². The maximum absolute atomic E-state index is 13.5. The van der Waals surface area contributed by atoms with Crippen molar-refractivity contribution in [2.75, 3.05) is 20.3 Å². The molecule has 1 fully saturated rings. The van der Waals surface area contributed by atoms with Crippen LogP contribution < -0.4 is 5.32 Å². The smallest absolute Gasteiger partial charge is 0.290 e. The molecule has 0 spiro atoms. The summed E-state index contributed by atoms with van der Waals surface area (Å²) < 4.78 is 7.12. The fourth-order valence-electron chi connectivity index (χ4n) is 4.63. The number of aromatic nitrogens is 2. The van der Waals surface area contributed by atoms with E-state index in [0.717, 1.165) is 36.7 Å². The molecule has 2 amide bonds. The van der Waals surface area contributed by atoms with Crippen LogP contribution in [0.25, 0.3) is 11.0 Å². The summed E-state index contributed by atoms with van der Waals surface area (Å²) in [5, 5.41) is 3.26. The number of ether oxygens (including phenoxy) is 1. The van der Waals surface area contributed by atoms with Crippen molar-refractivity contribution in [2.45, 2.75) is 63.6 Å². The van der Waals surface area contributed by atoms with E-state index >= 15 is 0 Å². The highest BCUT2D eigenvalue weighted by Crippen LogP contribution is 2.31. The largest absolute Gasteiger partial charge is 0.383 e. The summed E-state index contributed by atoms with van der Waals surface area (Å²) in [5.74, 6) is 0.0855. The van der Waals surface area contributed by atoms with Gasteiger partial charge in [-0.25, -0.2) is 4.98 Å². The van der Waals surface area contributed by atoms with E-state index in [4.69, 9.17) is 4.74 Å². The molecule has 1 aliphatic heterocycles. The Morgan fingerprint density at radius 1 is 1.24 bits per heavy atom. The molecule has 1 unspecified atom stereocenters. The topological polar surface area (TPSA) is 76.5 Å². The molecule has 1 N–H and O–H groups in total. The number of amides is 2. The van der Waals surface area contributed by atoms with Gasteiger partial charge in [-0.2, -0.15) is 0 Å². The van der Waals surface area contributed by atoms with E-state index in [9.17, 15) is 9.59 Å². The monoisotopic (exact) mass is 398 g/mol. The minimum Gasteiger partial charge on any atom is -0.383 e. The van der Waals surface area contributed by atoms with Crippen molar-refractivity contribution in [2.24, 2.45) is 0 Å². The lowest BCUT2D eigenvalue weighted by Gasteiger charge is -2.44. The molecular formula is C22H30N4O3. The van der Waals surface area contributed by atoms with Gasteiger partial charge in [0.2, 0.25) is 5.91 Å². The van der Waals surface area contributed by atoms with E-state index < -0.39 is 5.54 Å². The van der Waals surface area contributed by atoms with Gasteiger partial charge in [0.25, 0.3) is 5.91 Å². The number of carbonyl (C=O) groups excluding carboxylic acids is 2. The predicted molar refractivity (Wildman–Crippen MR) is 111 cm³/mol. The van der Waals surface area contributed by atoms with Crippen LogP contribution in [0.15, 0.2) is 24.3 Å². The molecule has 1 aliphatic carbocycles. The third-order valence-corrected chi connectivity index (χ3v) is 6.35. The van der Waals surface area contributed by atoms with Gasteiger partial charge in [-0.3, -0.25) is 9.59 Å². The average Bonchev–Trinajstić information content (AvgIpc) is 2.89. The molecule has 0 bridgehead atoms. The van der Waals surface area contributed by atoms with Crippen molar-refractivity contribution in [3.05, 3.63) is 30.1 Å². The van der Waals surface area contributed by atoms with Gasteiger partial charge < -0.3 is 19.5 Å². The van der Waals surface area contributed by atoms with Crippen LogP contribution in [0.3, 0.4) is 0 Å². The Kier molecular flexibility index (Phi) is 5.58. The zero-order chi connectivity index (χ0) is 20.4. The Morgan fingerprint density at radius 2 is 1.97 bits per heavy atom. The number of carbonyl (C=O) groups is 2. The van der Waals surface area contributed by atoms with Gasteiger partial charge in [0.15, 0.2) is 5.82 Å². The van der Waals surface area contributed by atoms with Crippen LogP contribution in [0.1, 0.15) is 56.1 Å². The second-order valence-corrected chi connectivity index (χ2v) is 8.40. The first kappa shape index (κ1) is 19.9. The van der Waals surface area contributed by atoms with Crippen molar-refractivity contribution >= 4 is 22.8 Å². The Hall–Kier alpha value is -2.41. The van der Waals surface area contributed by atoms with Crippen molar-refractivity contribution < 1.29 is 14.3 Å². The van der Waals surface area contributed by atoms with Gasteiger partial charge in [-0.05, 0) is 31.9 Å². The maximum Gasteiger partial charge on any atom is 0.290 e. The number of methoxy groups -OCH3 is 1. The van der Waals surface area contributed by atoms with Crippen molar-refractivity contribution in [3.63, 3.8) is 0 Å². The second-order valence-electron chi connectivity index (χ2n) is 8.40. The molecule has 156 valence electrons. The molecule has 0 saturated heterocycles. The fraction of sp³-hybridized carbons (Fsp3) is 0.591. The van der Waals surface area contributed by atoms with Gasteiger partial charge in [-0.1, -0.05) is 37.8 Å². The molecule has 1 aromatic carbocycles. The zero-order valence-electron chi connectivity index (χ0n) is 17.3. The van der Waals surface area contributed by atoms with Crippen LogP contribution in [-0.4, -0.2) is 58.1 Å². The SMILES string of the molecule is COCCN1C(=O)c2nc3ccccc3n2CC1(C)C(=O)NC1CCCCCC1. The summed E-state index contributed by atoms with van der Waals surface area (Å²) in [5.41, 5.74) is 0.671. The van der Waals surface area contributed by atoms with Crippen LogP contribution in [-0.2, 0) is 16.1 Å². The Balaban J connectivity index is 1.68. The first-order valence-electron chi connectivity index (χ1n) is 10.6. The highest BCUT2D eigenvalue weighted by molar-refractivity contribution is 6.01. The molecule has 2 aromatic rings. The number of fused-ring (bicyclic) bond motifs is 3. The van der Waals surface area contributed by atoms with E-state index in [2.05, 4.69) is 10.3 Å². The van der Waals surface area contributed by atoms with Crippen LogP contribution in [0.5, 0.6) is 0 Å². The predicted octanol–water partition coefficient (Wildman–Crippen LogP) is 2.74. The van der Waals surface area contributed by atoms with Gasteiger partial charge in [0.1, 0.15) is 5.54 Å². The van der Waals surface area contributed by atoms with Crippen molar-refractivity contribution in [1.82, 2.24) is 19.8 Å². The van der Waals surface area contributed by atoms with Crippen LogP contribution in [0.4, 0.5) is 0 Å². The number of rotatable bonds is 5. The Labute approximate surface area is 171 Å². The average molecular weight is 399 g/mol. The molecule has 2 heterocycles. The number of nitrogens with zero attached hydrogens (tertiary/aromatic N) is 3. The Morgan fingerprint density at radius 3 is 2.69 bits per heavy atom. The third-order valence-electron chi connectivity index (χ3n) is 6.35. The van der Waals surface area contributed by atoms with E-state index in [1.807, 2.05) is 35.8 Å². The molecule has 29 heavy (non-hydrogen) atoms. The normalized spacial score (nSPS) is 23.1. The lowest BCUT2D eigenvalue weighted by Crippen LogP contribution is -2.65. The summed E-state index contributed by atoms with van der Waals surface area (Å²) >= 11 is 0. The number of hydrogen-bond donors (Lipinski definition) is 1. The highest BCUT2D eigenvalue weighted by atomic mass is 16.5.